The zero-order chi connectivity index (χ0) is 42.4. The van der Waals surface area contributed by atoms with Crippen molar-refractivity contribution in [3.8, 4) is 0 Å². The van der Waals surface area contributed by atoms with E-state index >= 15 is 0 Å². The number of amides is 8. The summed E-state index contributed by atoms with van der Waals surface area (Å²) in [5, 5.41) is 5.73. The monoisotopic (exact) mass is 792 g/mol. The van der Waals surface area contributed by atoms with Crippen molar-refractivity contribution in [2.24, 2.45) is 0 Å². The van der Waals surface area contributed by atoms with Crippen molar-refractivity contribution < 1.29 is 57.3 Å². The van der Waals surface area contributed by atoms with Crippen LogP contribution in [0.15, 0.2) is 0 Å². The fourth-order valence-electron chi connectivity index (χ4n) is 10.6. The minimum Gasteiger partial charge on any atom is -0.458 e. The molecule has 0 aromatic heterocycles. The molecule has 0 aromatic rings. The van der Waals surface area contributed by atoms with E-state index in [0.717, 1.165) is 9.80 Å². The Labute approximate surface area is 328 Å². The molecule has 0 aromatic carbocycles. The van der Waals surface area contributed by atoms with E-state index in [4.69, 9.17) is 18.9 Å². The van der Waals surface area contributed by atoms with E-state index in [9.17, 15) is 38.4 Å². The van der Waals surface area contributed by atoms with Gasteiger partial charge in [0, 0.05) is 75.5 Å². The molecule has 0 aliphatic carbocycles. The first-order valence-electron chi connectivity index (χ1n) is 19.0. The maximum Gasteiger partial charge on any atom is 0.325 e. The summed E-state index contributed by atoms with van der Waals surface area (Å²) >= 11 is 0. The zero-order valence-corrected chi connectivity index (χ0v) is 34.9. The molecule has 18 nitrogen and oxygen atoms in total. The Hall–Kier alpha value is -4.32. The highest BCUT2D eigenvalue weighted by molar-refractivity contribution is 6.08. The van der Waals surface area contributed by atoms with Crippen LogP contribution in [-0.4, -0.2) is 152 Å². The van der Waals surface area contributed by atoms with Gasteiger partial charge < -0.3 is 39.4 Å². The summed E-state index contributed by atoms with van der Waals surface area (Å²) in [4.78, 5) is 109. The highest BCUT2D eigenvalue weighted by Gasteiger charge is 2.63. The number of rotatable bonds is 13. The van der Waals surface area contributed by atoms with Gasteiger partial charge in [-0.2, -0.15) is 0 Å². The molecule has 4 heterocycles. The number of likely N-dealkylation sites (tertiary alicyclic amines) is 2. The lowest BCUT2D eigenvalue weighted by molar-refractivity contribution is -0.159. The maximum absolute atomic E-state index is 13.9. The Balaban J connectivity index is 1.33. The number of imide groups is 2. The molecular formula is C38H60N6O12. The van der Waals surface area contributed by atoms with Crippen molar-refractivity contribution in [1.29, 1.82) is 0 Å². The Morgan fingerprint density at radius 3 is 1.09 bits per heavy atom. The third-order valence-electron chi connectivity index (χ3n) is 10.9. The fraction of sp³-hybridized carbons (Fsp3) is 0.789. The summed E-state index contributed by atoms with van der Waals surface area (Å²) in [5.74, 6) is -2.52. The van der Waals surface area contributed by atoms with Crippen LogP contribution >= 0.6 is 0 Å². The van der Waals surface area contributed by atoms with Crippen LogP contribution in [0.4, 0.5) is 9.59 Å². The smallest absolute Gasteiger partial charge is 0.325 e. The van der Waals surface area contributed by atoms with Crippen molar-refractivity contribution in [2.75, 3.05) is 39.5 Å². The van der Waals surface area contributed by atoms with E-state index in [1.807, 2.05) is 55.4 Å². The summed E-state index contributed by atoms with van der Waals surface area (Å²) in [6, 6.07) is -1.28. The molecule has 0 saturated carbocycles. The third kappa shape index (κ3) is 8.95. The van der Waals surface area contributed by atoms with E-state index < -0.39 is 81.3 Å². The molecule has 2 unspecified atom stereocenters. The van der Waals surface area contributed by atoms with Crippen molar-refractivity contribution in [3.05, 3.63) is 0 Å². The second-order valence-electron chi connectivity index (χ2n) is 18.1. The van der Waals surface area contributed by atoms with E-state index in [1.54, 1.807) is 9.80 Å². The molecular weight excluding hydrogens is 732 g/mol. The van der Waals surface area contributed by atoms with Crippen LogP contribution in [0.1, 0.15) is 109 Å². The second kappa shape index (κ2) is 15.6. The minimum absolute atomic E-state index is 0.0268. The average molecular weight is 793 g/mol. The van der Waals surface area contributed by atoms with Gasteiger partial charge in [0.15, 0.2) is 0 Å². The number of carbonyl (C=O) groups excluding carboxylic acids is 8. The van der Waals surface area contributed by atoms with Crippen LogP contribution in [0.2, 0.25) is 0 Å². The van der Waals surface area contributed by atoms with Gasteiger partial charge in [-0.1, -0.05) is 0 Å². The third-order valence-corrected chi connectivity index (χ3v) is 10.9. The van der Waals surface area contributed by atoms with Crippen molar-refractivity contribution >= 4 is 47.6 Å². The standard InChI is InChI=1S/C38H60N6O12/c1-23(45)43-33(5,6)19-37(20-34(43,7)8)29(49)41(31(51)39-37)15-27(55-25(3)47)17-53-13-14-54-18-28(56-26(4)48)16-42-30(50)38(40-32(42)52)21-35(9,10)44(24(2)46)36(11,12)22-38/h27-28H,13-22H2,1-12H3,(H,39,51)(H,40,52). The van der Waals surface area contributed by atoms with Crippen molar-refractivity contribution in [1.82, 2.24) is 30.2 Å². The Bertz CT molecular complexity index is 1490. The molecule has 4 aliphatic rings. The van der Waals surface area contributed by atoms with Crippen LogP contribution in [-0.2, 0) is 47.7 Å². The first-order chi connectivity index (χ1) is 25.6. The van der Waals surface area contributed by atoms with E-state index in [1.165, 1.54) is 27.7 Å². The van der Waals surface area contributed by atoms with Crippen LogP contribution < -0.4 is 10.6 Å². The second-order valence-corrected chi connectivity index (χ2v) is 18.1. The number of nitrogens with one attached hydrogen (secondary N) is 2. The number of urea groups is 2. The van der Waals surface area contributed by atoms with Crippen molar-refractivity contribution in [3.63, 3.8) is 0 Å². The summed E-state index contributed by atoms with van der Waals surface area (Å²) in [5.41, 5.74) is -5.51. The highest BCUT2D eigenvalue weighted by atomic mass is 16.6. The van der Waals surface area contributed by atoms with E-state index in [-0.39, 0.29) is 77.0 Å². The predicted octanol–water partition coefficient (Wildman–Crippen LogP) is 1.86. The SMILES string of the molecule is CC(=O)OC(COCCOCC(CN1C(=O)NC2(CC(C)(C)N(C(C)=O)C(C)(C)C2)C1=O)OC(C)=O)CN1C(=O)NC2(CC(C)(C)N(C(C)=O)C(C)(C)C2)C1=O. The van der Waals surface area contributed by atoms with Gasteiger partial charge >= 0.3 is 24.0 Å². The lowest BCUT2D eigenvalue weighted by Crippen LogP contribution is -2.70. The normalized spacial score (nSPS) is 23.9. The molecule has 2 atom stereocenters. The summed E-state index contributed by atoms with van der Waals surface area (Å²) < 4.78 is 22.2. The summed E-state index contributed by atoms with van der Waals surface area (Å²) in [6.45, 7) is 19.2. The van der Waals surface area contributed by atoms with E-state index in [2.05, 4.69) is 10.6 Å². The number of esters is 2. The average Bonchev–Trinajstić information content (AvgIpc) is 3.32. The largest absolute Gasteiger partial charge is 0.458 e. The first kappa shape index (κ1) is 44.4. The number of ether oxygens (including phenoxy) is 4. The van der Waals surface area contributed by atoms with Gasteiger partial charge in [-0.25, -0.2) is 9.59 Å². The van der Waals surface area contributed by atoms with E-state index in [0.29, 0.717) is 0 Å². The van der Waals surface area contributed by atoms with Gasteiger partial charge in [0.25, 0.3) is 11.8 Å². The Morgan fingerprint density at radius 1 is 0.554 bits per heavy atom. The molecule has 18 heteroatoms. The summed E-state index contributed by atoms with van der Waals surface area (Å²) in [6.07, 6.45) is -1.24. The topological polar surface area (TPSA) is 210 Å². The minimum atomic E-state index is -1.26. The van der Waals surface area contributed by atoms with Crippen LogP contribution in [0, 0.1) is 0 Å². The predicted molar refractivity (Wildman–Crippen MR) is 199 cm³/mol. The van der Waals surface area contributed by atoms with Gasteiger partial charge in [0.05, 0.1) is 39.5 Å². The first-order valence-corrected chi connectivity index (χ1v) is 19.0. The van der Waals surface area contributed by atoms with Crippen LogP contribution in [0.5, 0.6) is 0 Å². The Kier molecular flexibility index (Phi) is 12.3. The lowest BCUT2D eigenvalue weighted by Gasteiger charge is -2.57. The van der Waals surface area contributed by atoms with Crippen LogP contribution in [0.25, 0.3) is 0 Å². The number of nitrogens with zero attached hydrogens (tertiary/aromatic N) is 4. The molecule has 4 fully saturated rings. The zero-order valence-electron chi connectivity index (χ0n) is 34.9. The lowest BCUT2D eigenvalue weighted by atomic mass is 9.69. The molecule has 314 valence electrons. The fourth-order valence-corrected chi connectivity index (χ4v) is 10.6. The number of piperidine rings is 2. The van der Waals surface area contributed by atoms with Gasteiger partial charge in [-0.05, 0) is 55.4 Å². The number of hydrogen-bond donors (Lipinski definition) is 2. The quantitative estimate of drug-likeness (QED) is 0.156. The van der Waals surface area contributed by atoms with Crippen molar-refractivity contribution in [2.45, 2.75) is 154 Å². The van der Waals surface area contributed by atoms with Gasteiger partial charge in [-0.15, -0.1) is 0 Å². The summed E-state index contributed by atoms with van der Waals surface area (Å²) in [7, 11) is 0. The molecule has 2 spiro atoms. The van der Waals surface area contributed by atoms with Gasteiger partial charge in [-0.3, -0.25) is 38.6 Å². The molecule has 0 radical (unpaired) electrons. The number of hydrogen-bond acceptors (Lipinski definition) is 12. The molecule has 4 rings (SSSR count). The maximum atomic E-state index is 13.9. The van der Waals surface area contributed by atoms with Gasteiger partial charge in [0.1, 0.15) is 23.3 Å². The molecule has 56 heavy (non-hydrogen) atoms. The molecule has 4 saturated heterocycles. The van der Waals surface area contributed by atoms with Gasteiger partial charge in [0.2, 0.25) is 11.8 Å². The molecule has 8 amide bonds. The molecule has 2 N–H and O–H groups in total. The highest BCUT2D eigenvalue weighted by Crippen LogP contribution is 2.47. The van der Waals surface area contributed by atoms with Crippen LogP contribution in [0.3, 0.4) is 0 Å². The Morgan fingerprint density at radius 2 is 0.839 bits per heavy atom. The molecule has 0 bridgehead atoms. The number of carbonyl (C=O) groups is 8. The molecule has 4 aliphatic heterocycles.